The zero-order valence-electron chi connectivity index (χ0n) is 10.0. The highest BCUT2D eigenvalue weighted by atomic mass is 16.4. The van der Waals surface area contributed by atoms with Gasteiger partial charge in [-0.3, -0.25) is 4.79 Å². The summed E-state index contributed by atoms with van der Waals surface area (Å²) in [7, 11) is 0. The first-order valence-corrected chi connectivity index (χ1v) is 6.25. The van der Waals surface area contributed by atoms with E-state index in [4.69, 9.17) is 5.11 Å². The third-order valence-electron chi connectivity index (χ3n) is 3.40. The predicted molar refractivity (Wildman–Crippen MR) is 66.9 cm³/mol. The molecule has 1 aliphatic rings. The monoisotopic (exact) mass is 233 g/mol. The van der Waals surface area contributed by atoms with Crippen molar-refractivity contribution in [3.63, 3.8) is 0 Å². The first kappa shape index (κ1) is 12.1. The number of carboxylic acid groups (broad SMARTS) is 1. The molecule has 1 aromatic carbocycles. The molecule has 0 aliphatic carbocycles. The minimum absolute atomic E-state index is 0.147. The Kier molecular flexibility index (Phi) is 4.15. The molecule has 1 N–H and O–H groups in total. The Morgan fingerprint density at radius 2 is 2.12 bits per heavy atom. The first-order valence-electron chi connectivity index (χ1n) is 6.25. The lowest BCUT2D eigenvalue weighted by molar-refractivity contribution is -0.141. The van der Waals surface area contributed by atoms with Crippen LogP contribution in [-0.4, -0.2) is 35.6 Å². The highest BCUT2D eigenvalue weighted by Crippen LogP contribution is 2.16. The van der Waals surface area contributed by atoms with Gasteiger partial charge in [-0.05, 0) is 37.9 Å². The molecule has 0 radical (unpaired) electrons. The van der Waals surface area contributed by atoms with Gasteiger partial charge in [-0.2, -0.15) is 0 Å². The fraction of sp³-hybridized carbons (Fsp3) is 0.500. The van der Waals surface area contributed by atoms with Crippen LogP contribution in [0.2, 0.25) is 0 Å². The van der Waals surface area contributed by atoms with Gasteiger partial charge in [0.1, 0.15) is 0 Å². The summed E-state index contributed by atoms with van der Waals surface area (Å²) in [6.07, 6.45) is 2.99. The lowest BCUT2D eigenvalue weighted by Crippen LogP contribution is -2.24. The fourth-order valence-electron chi connectivity index (χ4n) is 2.39. The maximum atomic E-state index is 10.8. The number of rotatable bonds is 5. The summed E-state index contributed by atoms with van der Waals surface area (Å²) in [6, 6.07) is 10.4. The summed E-state index contributed by atoms with van der Waals surface area (Å²) in [4.78, 5) is 13.1. The molecule has 1 heterocycles. The number of aryl methyl sites for hydroxylation is 1. The average molecular weight is 233 g/mol. The van der Waals surface area contributed by atoms with Crippen LogP contribution in [0.4, 0.5) is 0 Å². The van der Waals surface area contributed by atoms with Crippen molar-refractivity contribution >= 4 is 5.97 Å². The average Bonchev–Trinajstić information content (AvgIpc) is 2.79. The lowest BCUT2D eigenvalue weighted by Gasteiger charge is -2.14. The molecule has 1 aliphatic heterocycles. The van der Waals surface area contributed by atoms with E-state index in [1.807, 2.05) is 6.07 Å². The van der Waals surface area contributed by atoms with Crippen molar-refractivity contribution in [2.24, 2.45) is 5.92 Å². The van der Waals surface area contributed by atoms with Crippen LogP contribution in [0.25, 0.3) is 0 Å². The lowest BCUT2D eigenvalue weighted by atomic mass is 10.1. The van der Waals surface area contributed by atoms with Gasteiger partial charge in [0.2, 0.25) is 0 Å². The summed E-state index contributed by atoms with van der Waals surface area (Å²) in [6.45, 7) is 2.68. The highest BCUT2D eigenvalue weighted by molar-refractivity contribution is 5.70. The summed E-state index contributed by atoms with van der Waals surface area (Å²) in [5.74, 6) is -0.790. The van der Waals surface area contributed by atoms with Crippen molar-refractivity contribution in [3.8, 4) is 0 Å². The number of hydrogen-bond acceptors (Lipinski definition) is 2. The van der Waals surface area contributed by atoms with Crippen LogP contribution in [-0.2, 0) is 11.2 Å². The van der Waals surface area contributed by atoms with Gasteiger partial charge in [-0.15, -0.1) is 0 Å². The van der Waals surface area contributed by atoms with E-state index in [0.29, 0.717) is 0 Å². The molecule has 1 saturated heterocycles. The van der Waals surface area contributed by atoms with Crippen molar-refractivity contribution in [1.29, 1.82) is 0 Å². The second-order valence-electron chi connectivity index (χ2n) is 4.71. The second kappa shape index (κ2) is 5.82. The molecule has 3 heteroatoms. The van der Waals surface area contributed by atoms with E-state index >= 15 is 0 Å². The van der Waals surface area contributed by atoms with Crippen LogP contribution in [0.15, 0.2) is 30.3 Å². The molecule has 1 fully saturated rings. The topological polar surface area (TPSA) is 40.5 Å². The molecule has 17 heavy (non-hydrogen) atoms. The number of nitrogens with zero attached hydrogens (tertiary/aromatic N) is 1. The quantitative estimate of drug-likeness (QED) is 0.846. The van der Waals surface area contributed by atoms with Gasteiger partial charge >= 0.3 is 5.97 Å². The van der Waals surface area contributed by atoms with Crippen LogP contribution >= 0.6 is 0 Å². The van der Waals surface area contributed by atoms with Crippen molar-refractivity contribution in [2.75, 3.05) is 19.6 Å². The van der Waals surface area contributed by atoms with Gasteiger partial charge in [0.25, 0.3) is 0 Å². The Labute approximate surface area is 102 Å². The Hall–Kier alpha value is -1.35. The summed E-state index contributed by atoms with van der Waals surface area (Å²) in [5, 5.41) is 8.91. The van der Waals surface area contributed by atoms with Gasteiger partial charge in [0, 0.05) is 6.54 Å². The summed E-state index contributed by atoms with van der Waals surface area (Å²) >= 11 is 0. The minimum Gasteiger partial charge on any atom is -0.481 e. The van der Waals surface area contributed by atoms with Gasteiger partial charge < -0.3 is 10.0 Å². The van der Waals surface area contributed by atoms with Gasteiger partial charge in [0.15, 0.2) is 0 Å². The molecule has 0 bridgehead atoms. The van der Waals surface area contributed by atoms with Crippen molar-refractivity contribution in [1.82, 2.24) is 4.90 Å². The molecule has 92 valence electrons. The predicted octanol–water partition coefficient (Wildman–Crippen LogP) is 2.03. The number of carboxylic acids is 1. The van der Waals surface area contributed by atoms with Crippen molar-refractivity contribution in [2.45, 2.75) is 19.3 Å². The molecule has 2 rings (SSSR count). The van der Waals surface area contributed by atoms with Crippen LogP contribution in [0.5, 0.6) is 0 Å². The van der Waals surface area contributed by atoms with Crippen LogP contribution in [0.3, 0.4) is 0 Å². The van der Waals surface area contributed by atoms with Gasteiger partial charge in [0.05, 0.1) is 5.92 Å². The molecular formula is C14H19NO2. The molecule has 3 nitrogen and oxygen atoms in total. The van der Waals surface area contributed by atoms with E-state index in [1.54, 1.807) is 0 Å². The maximum absolute atomic E-state index is 10.8. The molecule has 0 unspecified atom stereocenters. The fourth-order valence-corrected chi connectivity index (χ4v) is 2.39. The standard InChI is InChI=1S/C14H19NO2/c16-14(17)13-8-10-15(11-13)9-4-7-12-5-2-1-3-6-12/h1-3,5-6,13H,4,7-11H2,(H,16,17)/t13-/m0/s1. The number of aliphatic carboxylic acids is 1. The van der Waals surface area contributed by atoms with Crippen LogP contribution in [0, 0.1) is 5.92 Å². The Morgan fingerprint density at radius 3 is 2.76 bits per heavy atom. The molecular weight excluding hydrogens is 214 g/mol. The number of likely N-dealkylation sites (tertiary alicyclic amines) is 1. The third-order valence-corrected chi connectivity index (χ3v) is 3.40. The van der Waals surface area contributed by atoms with E-state index in [-0.39, 0.29) is 5.92 Å². The molecule has 0 saturated carbocycles. The van der Waals surface area contributed by atoms with Crippen LogP contribution < -0.4 is 0 Å². The number of benzene rings is 1. The largest absolute Gasteiger partial charge is 0.481 e. The SMILES string of the molecule is O=C(O)[C@H]1CCN(CCCc2ccccc2)C1. The van der Waals surface area contributed by atoms with E-state index in [2.05, 4.69) is 29.2 Å². The Morgan fingerprint density at radius 1 is 1.35 bits per heavy atom. The number of hydrogen-bond donors (Lipinski definition) is 1. The van der Waals surface area contributed by atoms with E-state index in [0.717, 1.165) is 38.9 Å². The molecule has 1 atom stereocenters. The van der Waals surface area contributed by atoms with Gasteiger partial charge in [-0.1, -0.05) is 30.3 Å². The normalized spacial score (nSPS) is 20.6. The molecule has 0 aromatic heterocycles. The summed E-state index contributed by atoms with van der Waals surface area (Å²) < 4.78 is 0. The van der Waals surface area contributed by atoms with Crippen molar-refractivity contribution in [3.05, 3.63) is 35.9 Å². The minimum atomic E-state index is -0.643. The maximum Gasteiger partial charge on any atom is 0.307 e. The van der Waals surface area contributed by atoms with Gasteiger partial charge in [-0.25, -0.2) is 0 Å². The van der Waals surface area contributed by atoms with E-state index in [9.17, 15) is 4.79 Å². The van der Waals surface area contributed by atoms with Crippen LogP contribution in [0.1, 0.15) is 18.4 Å². The van der Waals surface area contributed by atoms with E-state index < -0.39 is 5.97 Å². The molecule has 1 aromatic rings. The highest BCUT2D eigenvalue weighted by Gasteiger charge is 2.27. The zero-order chi connectivity index (χ0) is 12.1. The second-order valence-corrected chi connectivity index (χ2v) is 4.71. The molecule has 0 spiro atoms. The Balaban J connectivity index is 1.68. The number of carbonyl (C=O) groups is 1. The molecule has 0 amide bonds. The van der Waals surface area contributed by atoms with Crippen molar-refractivity contribution < 1.29 is 9.90 Å². The third kappa shape index (κ3) is 3.56. The zero-order valence-corrected chi connectivity index (χ0v) is 10.0. The first-order chi connectivity index (χ1) is 8.25. The smallest absolute Gasteiger partial charge is 0.307 e. The summed E-state index contributed by atoms with van der Waals surface area (Å²) in [5.41, 5.74) is 1.36. The Bertz CT molecular complexity index is 364. The van der Waals surface area contributed by atoms with E-state index in [1.165, 1.54) is 5.56 Å².